The van der Waals surface area contributed by atoms with Gasteiger partial charge in [0.05, 0.1) is 12.1 Å². The van der Waals surface area contributed by atoms with E-state index in [1.807, 2.05) is 61.5 Å². The first-order valence-electron chi connectivity index (χ1n) is 7.23. The molecule has 0 unspecified atom stereocenters. The van der Waals surface area contributed by atoms with Crippen molar-refractivity contribution in [2.24, 2.45) is 0 Å². The van der Waals surface area contributed by atoms with Gasteiger partial charge in [0.15, 0.2) is 0 Å². The lowest BCUT2D eigenvalue weighted by Gasteiger charge is -2.08. The minimum Gasteiger partial charge on any atom is -0.494 e. The van der Waals surface area contributed by atoms with Crippen molar-refractivity contribution in [3.63, 3.8) is 0 Å². The molecule has 0 saturated heterocycles. The quantitative estimate of drug-likeness (QED) is 0.723. The first-order valence-corrected chi connectivity index (χ1v) is 7.23. The molecule has 2 aromatic carbocycles. The van der Waals surface area contributed by atoms with Gasteiger partial charge in [0, 0.05) is 17.6 Å². The number of ether oxygens (including phenoxy) is 2. The molecule has 112 valence electrons. The Morgan fingerprint density at radius 2 is 1.91 bits per heavy atom. The number of carbonyl (C=O) groups is 1. The standard InChI is InChI=1S/C18H17NO3/c1-2-21-16-9-8-15-10-11-19(17(15)12-16)18(20)22-13-14-6-4-3-5-7-14/h3-12H,2,13H2,1H3. The highest BCUT2D eigenvalue weighted by atomic mass is 16.5. The van der Waals surface area contributed by atoms with Gasteiger partial charge in [0.1, 0.15) is 12.4 Å². The van der Waals surface area contributed by atoms with Gasteiger partial charge < -0.3 is 9.47 Å². The molecule has 3 rings (SSSR count). The maximum absolute atomic E-state index is 12.3. The summed E-state index contributed by atoms with van der Waals surface area (Å²) in [5.41, 5.74) is 1.74. The molecule has 1 aromatic heterocycles. The second-order valence-corrected chi connectivity index (χ2v) is 4.88. The highest BCUT2D eigenvalue weighted by molar-refractivity contribution is 5.90. The molecule has 4 heteroatoms. The summed E-state index contributed by atoms with van der Waals surface area (Å²) >= 11 is 0. The summed E-state index contributed by atoms with van der Waals surface area (Å²) in [6.45, 7) is 2.77. The Kier molecular flexibility index (Phi) is 4.10. The summed E-state index contributed by atoms with van der Waals surface area (Å²) in [6.07, 6.45) is 1.32. The van der Waals surface area contributed by atoms with Crippen molar-refractivity contribution >= 4 is 17.0 Å². The van der Waals surface area contributed by atoms with Crippen LogP contribution < -0.4 is 4.74 Å². The summed E-state index contributed by atoms with van der Waals surface area (Å²) in [6, 6.07) is 17.2. The third-order valence-electron chi connectivity index (χ3n) is 3.38. The monoisotopic (exact) mass is 295 g/mol. The lowest BCUT2D eigenvalue weighted by molar-refractivity contribution is 0.142. The molecule has 0 aliphatic heterocycles. The van der Waals surface area contributed by atoms with Crippen LogP contribution >= 0.6 is 0 Å². The lowest BCUT2D eigenvalue weighted by Crippen LogP contribution is -2.12. The molecule has 0 N–H and O–H groups in total. The summed E-state index contributed by atoms with van der Waals surface area (Å²) in [4.78, 5) is 12.3. The molecule has 0 amide bonds. The minimum absolute atomic E-state index is 0.254. The van der Waals surface area contributed by atoms with Crippen LogP contribution in [0.25, 0.3) is 10.9 Å². The number of fused-ring (bicyclic) bond motifs is 1. The van der Waals surface area contributed by atoms with E-state index in [9.17, 15) is 4.79 Å². The molecule has 0 aliphatic carbocycles. The zero-order valence-electron chi connectivity index (χ0n) is 12.4. The molecule has 0 atom stereocenters. The van der Waals surface area contributed by atoms with Gasteiger partial charge in [-0.2, -0.15) is 0 Å². The van der Waals surface area contributed by atoms with E-state index in [0.717, 1.165) is 22.2 Å². The average molecular weight is 295 g/mol. The van der Waals surface area contributed by atoms with Crippen LogP contribution in [0.1, 0.15) is 12.5 Å². The third-order valence-corrected chi connectivity index (χ3v) is 3.38. The number of rotatable bonds is 4. The van der Waals surface area contributed by atoms with Crippen LogP contribution in [-0.4, -0.2) is 17.3 Å². The Hall–Kier alpha value is -2.75. The highest BCUT2D eigenvalue weighted by Gasteiger charge is 2.11. The van der Waals surface area contributed by atoms with Gasteiger partial charge >= 0.3 is 6.09 Å². The largest absolute Gasteiger partial charge is 0.494 e. The predicted octanol–water partition coefficient (Wildman–Crippen LogP) is 4.22. The number of nitrogens with zero attached hydrogens (tertiary/aromatic N) is 1. The maximum atomic E-state index is 12.3. The summed E-state index contributed by atoms with van der Waals surface area (Å²) in [5, 5.41) is 0.972. The van der Waals surface area contributed by atoms with E-state index >= 15 is 0 Å². The normalized spacial score (nSPS) is 10.6. The van der Waals surface area contributed by atoms with Gasteiger partial charge in [0.2, 0.25) is 0 Å². The fourth-order valence-electron chi connectivity index (χ4n) is 2.31. The van der Waals surface area contributed by atoms with Crippen molar-refractivity contribution in [1.29, 1.82) is 0 Å². The Labute approximate surface area is 128 Å². The Bertz CT molecular complexity index is 777. The number of carbonyl (C=O) groups excluding carboxylic acids is 1. The summed E-state index contributed by atoms with van der Waals surface area (Å²) < 4.78 is 12.3. The second-order valence-electron chi connectivity index (χ2n) is 4.88. The number of aromatic nitrogens is 1. The molecule has 0 bridgehead atoms. The zero-order valence-corrected chi connectivity index (χ0v) is 12.4. The van der Waals surface area contributed by atoms with Gasteiger partial charge in [0.25, 0.3) is 0 Å². The van der Waals surface area contributed by atoms with Crippen LogP contribution in [0.3, 0.4) is 0 Å². The van der Waals surface area contributed by atoms with Gasteiger partial charge in [-0.1, -0.05) is 30.3 Å². The van der Waals surface area contributed by atoms with Crippen molar-refractivity contribution in [2.75, 3.05) is 6.61 Å². The first-order chi connectivity index (χ1) is 10.8. The van der Waals surface area contributed by atoms with Crippen molar-refractivity contribution in [2.45, 2.75) is 13.5 Å². The molecule has 0 fully saturated rings. The van der Waals surface area contributed by atoms with E-state index in [4.69, 9.17) is 9.47 Å². The van der Waals surface area contributed by atoms with E-state index in [1.54, 1.807) is 6.20 Å². The highest BCUT2D eigenvalue weighted by Crippen LogP contribution is 2.22. The summed E-state index contributed by atoms with van der Waals surface area (Å²) in [5.74, 6) is 0.741. The fourth-order valence-corrected chi connectivity index (χ4v) is 2.31. The Balaban J connectivity index is 1.79. The Morgan fingerprint density at radius 1 is 1.09 bits per heavy atom. The maximum Gasteiger partial charge on any atom is 0.418 e. The van der Waals surface area contributed by atoms with Crippen LogP contribution in [0, 0.1) is 0 Å². The average Bonchev–Trinajstić information content (AvgIpc) is 2.97. The van der Waals surface area contributed by atoms with E-state index < -0.39 is 6.09 Å². The molecule has 3 aromatic rings. The lowest BCUT2D eigenvalue weighted by atomic mass is 10.2. The van der Waals surface area contributed by atoms with Gasteiger partial charge in [-0.15, -0.1) is 0 Å². The molecular formula is C18H17NO3. The van der Waals surface area contributed by atoms with Crippen molar-refractivity contribution in [1.82, 2.24) is 4.57 Å². The topological polar surface area (TPSA) is 40.5 Å². The second kappa shape index (κ2) is 6.35. The van der Waals surface area contributed by atoms with E-state index in [-0.39, 0.29) is 6.61 Å². The van der Waals surface area contributed by atoms with Crippen LogP contribution in [0.15, 0.2) is 60.8 Å². The van der Waals surface area contributed by atoms with Crippen LogP contribution in [0.4, 0.5) is 4.79 Å². The van der Waals surface area contributed by atoms with Crippen LogP contribution in [-0.2, 0) is 11.3 Å². The fraction of sp³-hybridized carbons (Fsp3) is 0.167. The smallest absolute Gasteiger partial charge is 0.418 e. The first kappa shape index (κ1) is 14.2. The Morgan fingerprint density at radius 3 is 2.68 bits per heavy atom. The van der Waals surface area contributed by atoms with E-state index in [2.05, 4.69) is 0 Å². The molecular weight excluding hydrogens is 278 g/mol. The molecule has 0 spiro atoms. The summed E-state index contributed by atoms with van der Waals surface area (Å²) in [7, 11) is 0. The number of hydrogen-bond donors (Lipinski definition) is 0. The molecule has 22 heavy (non-hydrogen) atoms. The zero-order chi connectivity index (χ0) is 15.4. The van der Waals surface area contributed by atoms with Gasteiger partial charge in [-0.25, -0.2) is 4.79 Å². The molecule has 0 aliphatic rings. The van der Waals surface area contributed by atoms with Crippen molar-refractivity contribution < 1.29 is 14.3 Å². The van der Waals surface area contributed by atoms with Crippen molar-refractivity contribution in [3.8, 4) is 5.75 Å². The number of hydrogen-bond acceptors (Lipinski definition) is 3. The van der Waals surface area contributed by atoms with Gasteiger partial charge in [-0.05, 0) is 30.7 Å². The molecule has 0 saturated carbocycles. The van der Waals surface area contributed by atoms with Crippen molar-refractivity contribution in [3.05, 3.63) is 66.4 Å². The molecule has 0 radical (unpaired) electrons. The molecule has 4 nitrogen and oxygen atoms in total. The number of benzene rings is 2. The molecule has 1 heterocycles. The predicted molar refractivity (Wildman–Crippen MR) is 85.1 cm³/mol. The van der Waals surface area contributed by atoms with E-state index in [0.29, 0.717) is 6.61 Å². The van der Waals surface area contributed by atoms with Crippen LogP contribution in [0.2, 0.25) is 0 Å². The third kappa shape index (κ3) is 2.96. The van der Waals surface area contributed by atoms with E-state index in [1.165, 1.54) is 4.57 Å². The van der Waals surface area contributed by atoms with Gasteiger partial charge in [-0.3, -0.25) is 4.57 Å². The van der Waals surface area contributed by atoms with Crippen LogP contribution in [0.5, 0.6) is 5.75 Å². The SMILES string of the molecule is CCOc1ccc2ccn(C(=O)OCc3ccccc3)c2c1. The minimum atomic E-state index is -0.396.